The van der Waals surface area contributed by atoms with Gasteiger partial charge in [0.1, 0.15) is 12.3 Å². The van der Waals surface area contributed by atoms with Crippen molar-refractivity contribution in [1.29, 1.82) is 0 Å². The molecule has 0 atom stereocenters. The largest absolute Gasteiger partial charge is 0.495 e. The summed E-state index contributed by atoms with van der Waals surface area (Å²) >= 11 is 5.24. The van der Waals surface area contributed by atoms with Gasteiger partial charge in [-0.2, -0.15) is 0 Å². The molecule has 0 bridgehead atoms. The van der Waals surface area contributed by atoms with Crippen molar-refractivity contribution in [3.05, 3.63) is 29.7 Å². The summed E-state index contributed by atoms with van der Waals surface area (Å²) < 4.78 is 7.37. The molecule has 0 aromatic heterocycles. The number of carbonyl (C=O) groups excluding carboxylic acids is 3. The molecule has 2 heterocycles. The summed E-state index contributed by atoms with van der Waals surface area (Å²) in [4.78, 5) is 40.8. The first-order valence-electron chi connectivity index (χ1n) is 8.86. The van der Waals surface area contributed by atoms with E-state index in [1.807, 2.05) is 12.1 Å². The number of likely N-dealkylation sites (tertiary alicyclic amines) is 1. The molecule has 0 N–H and O–H groups in total. The Morgan fingerprint density at radius 2 is 1.96 bits per heavy atom. The molecule has 2 aliphatic rings. The monoisotopic (exact) mass is 626 g/mol. The van der Waals surface area contributed by atoms with Crippen LogP contribution >= 0.6 is 56.9 Å². The lowest BCUT2D eigenvalue weighted by molar-refractivity contribution is -0.136. The lowest BCUT2D eigenvalue weighted by Crippen LogP contribution is -2.45. The zero-order chi connectivity index (χ0) is 20.4. The zero-order valence-electron chi connectivity index (χ0n) is 15.5. The van der Waals surface area contributed by atoms with Crippen molar-refractivity contribution < 1.29 is 19.1 Å². The number of nitrogens with zero attached hydrogens (tertiary/aromatic N) is 2. The van der Waals surface area contributed by atoms with Crippen molar-refractivity contribution in [3.63, 3.8) is 0 Å². The van der Waals surface area contributed by atoms with Gasteiger partial charge in [0.05, 0.1) is 15.6 Å². The highest BCUT2D eigenvalue weighted by molar-refractivity contribution is 14.1. The van der Waals surface area contributed by atoms with Crippen LogP contribution in [-0.2, 0) is 9.59 Å². The predicted octanol–water partition coefficient (Wildman–Crippen LogP) is 4.20. The molecule has 28 heavy (non-hydrogen) atoms. The summed E-state index contributed by atoms with van der Waals surface area (Å²) in [6, 6.07) is 3.87. The molecule has 0 aliphatic carbocycles. The van der Waals surface area contributed by atoms with Crippen LogP contribution < -0.4 is 4.74 Å². The van der Waals surface area contributed by atoms with E-state index in [-0.39, 0.29) is 12.5 Å². The van der Waals surface area contributed by atoms with Gasteiger partial charge in [-0.05, 0) is 93.9 Å². The molecule has 6 nitrogen and oxygen atoms in total. The fraction of sp³-hybridized carbons (Fsp3) is 0.421. The van der Waals surface area contributed by atoms with Crippen LogP contribution in [0.4, 0.5) is 4.79 Å². The molecular weight excluding hydrogens is 606 g/mol. The first-order chi connectivity index (χ1) is 13.3. The Morgan fingerprint density at radius 3 is 2.61 bits per heavy atom. The molecular formula is C19H20I2N2O4S. The van der Waals surface area contributed by atoms with Crippen molar-refractivity contribution in [3.8, 4) is 5.75 Å². The van der Waals surface area contributed by atoms with Crippen molar-refractivity contribution in [2.75, 3.05) is 26.7 Å². The van der Waals surface area contributed by atoms with Gasteiger partial charge in [-0.3, -0.25) is 19.3 Å². The number of ether oxygens (including phenoxy) is 1. The second-order valence-corrected chi connectivity index (χ2v) is 10.2. The van der Waals surface area contributed by atoms with E-state index in [4.69, 9.17) is 4.74 Å². The number of hydrogen-bond acceptors (Lipinski definition) is 5. The van der Waals surface area contributed by atoms with Gasteiger partial charge in [-0.1, -0.05) is 6.92 Å². The van der Waals surface area contributed by atoms with E-state index in [1.54, 1.807) is 18.1 Å². The normalized spacial score (nSPS) is 19.6. The topological polar surface area (TPSA) is 66.9 Å². The Morgan fingerprint density at radius 1 is 1.29 bits per heavy atom. The van der Waals surface area contributed by atoms with Crippen molar-refractivity contribution in [1.82, 2.24) is 9.80 Å². The van der Waals surface area contributed by atoms with Gasteiger partial charge in [0, 0.05) is 22.2 Å². The van der Waals surface area contributed by atoms with Gasteiger partial charge in [-0.15, -0.1) is 0 Å². The number of thioether (sulfide) groups is 1. The molecule has 0 saturated carbocycles. The van der Waals surface area contributed by atoms with Crippen molar-refractivity contribution in [2.24, 2.45) is 5.92 Å². The average molecular weight is 626 g/mol. The molecule has 3 rings (SSSR count). The highest BCUT2D eigenvalue weighted by Crippen LogP contribution is 2.36. The van der Waals surface area contributed by atoms with Crippen LogP contribution in [0.1, 0.15) is 25.3 Å². The second-order valence-electron chi connectivity index (χ2n) is 6.84. The van der Waals surface area contributed by atoms with E-state index >= 15 is 0 Å². The third-order valence-corrected chi connectivity index (χ3v) is 7.16. The van der Waals surface area contributed by atoms with E-state index in [1.165, 1.54) is 0 Å². The van der Waals surface area contributed by atoms with Gasteiger partial charge in [0.25, 0.3) is 11.1 Å². The molecule has 2 fully saturated rings. The maximum Gasteiger partial charge on any atom is 0.294 e. The molecule has 2 aliphatic heterocycles. The molecule has 0 spiro atoms. The molecule has 9 heteroatoms. The number of piperidine rings is 1. The lowest BCUT2D eigenvalue weighted by atomic mass is 9.99. The smallest absolute Gasteiger partial charge is 0.294 e. The summed E-state index contributed by atoms with van der Waals surface area (Å²) in [5.41, 5.74) is 0.737. The van der Waals surface area contributed by atoms with E-state index < -0.39 is 11.1 Å². The molecule has 3 amide bonds. The fourth-order valence-electron chi connectivity index (χ4n) is 3.17. The van der Waals surface area contributed by atoms with Gasteiger partial charge in [0.15, 0.2) is 0 Å². The first kappa shape index (κ1) is 21.9. The molecule has 150 valence electrons. The number of carbonyl (C=O) groups is 3. The Hall–Kier alpha value is -0.820. The van der Waals surface area contributed by atoms with Crippen LogP contribution in [0.25, 0.3) is 6.08 Å². The van der Waals surface area contributed by atoms with Crippen LogP contribution in [0.3, 0.4) is 0 Å². The van der Waals surface area contributed by atoms with Gasteiger partial charge >= 0.3 is 0 Å². The predicted molar refractivity (Wildman–Crippen MR) is 126 cm³/mol. The third kappa shape index (κ3) is 4.84. The van der Waals surface area contributed by atoms with E-state index in [9.17, 15) is 14.4 Å². The summed E-state index contributed by atoms with van der Waals surface area (Å²) in [6.45, 7) is 3.34. The average Bonchev–Trinajstić information content (AvgIpc) is 2.89. The number of methoxy groups -OCH3 is 1. The summed E-state index contributed by atoms with van der Waals surface area (Å²) in [6.07, 6.45) is 3.58. The molecule has 2 saturated heterocycles. The second kappa shape index (κ2) is 9.33. The molecule has 0 radical (unpaired) electrons. The van der Waals surface area contributed by atoms with Gasteiger partial charge < -0.3 is 9.64 Å². The zero-order valence-corrected chi connectivity index (χ0v) is 20.7. The summed E-state index contributed by atoms with van der Waals surface area (Å²) in [7, 11) is 1.57. The summed E-state index contributed by atoms with van der Waals surface area (Å²) in [5.74, 6) is 0.670. The molecule has 1 aromatic carbocycles. The minimum atomic E-state index is -0.426. The minimum absolute atomic E-state index is 0.170. The minimum Gasteiger partial charge on any atom is -0.495 e. The van der Waals surface area contributed by atoms with Crippen LogP contribution in [0.5, 0.6) is 5.75 Å². The highest BCUT2D eigenvalue weighted by atomic mass is 127. The Kier molecular flexibility index (Phi) is 7.29. The maximum absolute atomic E-state index is 12.8. The molecule has 0 unspecified atom stereocenters. The Labute approximate surface area is 195 Å². The fourth-order valence-corrected chi connectivity index (χ4v) is 6.11. The first-order valence-corrected chi connectivity index (χ1v) is 11.8. The van der Waals surface area contributed by atoms with Crippen LogP contribution in [0, 0.1) is 13.1 Å². The maximum atomic E-state index is 12.8. The van der Waals surface area contributed by atoms with Crippen LogP contribution in [0.2, 0.25) is 0 Å². The SMILES string of the molecule is COc1c(I)cc(I)cc1/C=C1/SC(=O)N(CC(=O)N2CCC(C)CC2)C1=O. The number of imide groups is 1. The number of rotatable bonds is 4. The highest BCUT2D eigenvalue weighted by Gasteiger charge is 2.37. The number of benzene rings is 1. The van der Waals surface area contributed by atoms with Gasteiger partial charge in [0.2, 0.25) is 5.91 Å². The molecule has 1 aromatic rings. The van der Waals surface area contributed by atoms with Crippen molar-refractivity contribution in [2.45, 2.75) is 19.8 Å². The standard InChI is InChI=1S/C19H20I2N2O4S/c1-11-3-5-22(6-4-11)16(24)10-23-18(25)15(28-19(23)26)8-12-7-13(20)9-14(21)17(12)27-2/h7-9,11H,3-6,10H2,1-2H3/b15-8+. The van der Waals surface area contributed by atoms with Gasteiger partial charge in [-0.25, -0.2) is 0 Å². The summed E-state index contributed by atoms with van der Waals surface area (Å²) in [5, 5.41) is -0.408. The number of amides is 3. The van der Waals surface area contributed by atoms with Crippen LogP contribution in [-0.4, -0.2) is 53.6 Å². The van der Waals surface area contributed by atoms with Crippen molar-refractivity contribution >= 4 is 80.1 Å². The van der Waals surface area contributed by atoms with E-state index in [2.05, 4.69) is 52.1 Å². The Balaban J connectivity index is 1.77. The third-order valence-electron chi connectivity index (χ3n) is 4.83. The lowest BCUT2D eigenvalue weighted by Gasteiger charge is -2.31. The quantitative estimate of drug-likeness (QED) is 0.371. The van der Waals surface area contributed by atoms with Crippen LogP contribution in [0.15, 0.2) is 17.0 Å². The Bertz CT molecular complexity index is 851. The van der Waals surface area contributed by atoms with E-state index in [0.717, 1.165) is 42.2 Å². The van der Waals surface area contributed by atoms with E-state index in [0.29, 0.717) is 29.7 Å². The number of hydrogen-bond donors (Lipinski definition) is 0. The number of halogens is 2.